The fourth-order valence-corrected chi connectivity index (χ4v) is 2.35. The molecule has 146 valence electrons. The Morgan fingerprint density at radius 3 is 2.71 bits per heavy atom. The number of methoxy groups -OCH3 is 1. The van der Waals surface area contributed by atoms with Crippen LogP contribution in [0.3, 0.4) is 0 Å². The largest absolute Gasteiger partial charge is 0.491 e. The Hall–Kier alpha value is -3.59. The quantitative estimate of drug-likeness (QED) is 0.328. The first kappa shape index (κ1) is 19.2. The van der Waals surface area contributed by atoms with Crippen LogP contribution in [0.25, 0.3) is 0 Å². The van der Waals surface area contributed by atoms with Crippen molar-refractivity contribution in [2.24, 2.45) is 4.99 Å². The summed E-state index contributed by atoms with van der Waals surface area (Å²) in [6.45, 7) is 0.918. The van der Waals surface area contributed by atoms with Crippen molar-refractivity contribution >= 4 is 22.9 Å². The number of halogens is 1. The van der Waals surface area contributed by atoms with E-state index in [0.717, 1.165) is 6.20 Å². The van der Waals surface area contributed by atoms with Crippen molar-refractivity contribution in [1.82, 2.24) is 9.71 Å². The van der Waals surface area contributed by atoms with E-state index in [-0.39, 0.29) is 11.4 Å². The van der Waals surface area contributed by atoms with Gasteiger partial charge < -0.3 is 25.7 Å². The summed E-state index contributed by atoms with van der Waals surface area (Å²) in [5.74, 6) is -0.298. The zero-order valence-electron chi connectivity index (χ0n) is 15.2. The van der Waals surface area contributed by atoms with Gasteiger partial charge in [-0.05, 0) is 42.5 Å². The van der Waals surface area contributed by atoms with E-state index < -0.39 is 5.82 Å². The maximum absolute atomic E-state index is 14.2. The van der Waals surface area contributed by atoms with E-state index >= 15 is 0 Å². The highest BCUT2D eigenvalue weighted by atomic mass is 19.1. The Bertz CT molecular complexity index is 1010. The molecule has 0 atom stereocenters. The molecule has 9 heteroatoms. The van der Waals surface area contributed by atoms with Gasteiger partial charge in [0.1, 0.15) is 12.4 Å². The molecule has 0 saturated heterocycles. The average molecular weight is 385 g/mol. The van der Waals surface area contributed by atoms with Gasteiger partial charge in [-0.1, -0.05) is 6.07 Å². The number of anilines is 3. The van der Waals surface area contributed by atoms with Crippen LogP contribution in [0, 0.1) is 5.82 Å². The summed E-state index contributed by atoms with van der Waals surface area (Å²) in [6.07, 6.45) is 0.975. The highest BCUT2D eigenvalue weighted by molar-refractivity contribution is 5.61. The van der Waals surface area contributed by atoms with Gasteiger partial charge in [0.05, 0.1) is 18.5 Å². The Morgan fingerprint density at radius 1 is 1.21 bits per heavy atom. The number of ether oxygens (including phenoxy) is 2. The van der Waals surface area contributed by atoms with Crippen LogP contribution >= 0.6 is 0 Å². The molecule has 2 aromatic carbocycles. The molecule has 0 aliphatic carbocycles. The summed E-state index contributed by atoms with van der Waals surface area (Å²) in [7, 11) is 1.60. The van der Waals surface area contributed by atoms with Crippen LogP contribution in [0.15, 0.2) is 59.7 Å². The van der Waals surface area contributed by atoms with E-state index in [1.165, 1.54) is 0 Å². The molecule has 0 bridgehead atoms. The van der Waals surface area contributed by atoms with Crippen LogP contribution in [0.2, 0.25) is 0 Å². The summed E-state index contributed by atoms with van der Waals surface area (Å²) < 4.78 is 25.1. The molecule has 4 N–H and O–H groups in total. The van der Waals surface area contributed by atoms with Gasteiger partial charge in [0.2, 0.25) is 0 Å². The highest BCUT2D eigenvalue weighted by Gasteiger charge is 2.10. The van der Waals surface area contributed by atoms with Gasteiger partial charge in [0, 0.05) is 18.5 Å². The minimum Gasteiger partial charge on any atom is -0.491 e. The van der Waals surface area contributed by atoms with Crippen molar-refractivity contribution in [3.05, 3.63) is 66.2 Å². The zero-order valence-corrected chi connectivity index (χ0v) is 15.2. The van der Waals surface area contributed by atoms with Crippen LogP contribution in [0.4, 0.5) is 27.3 Å². The molecular formula is C19H20FN5O3. The molecule has 1 aromatic heterocycles. The molecule has 0 aliphatic rings. The van der Waals surface area contributed by atoms with E-state index in [2.05, 4.69) is 15.3 Å². The molecule has 0 spiro atoms. The highest BCUT2D eigenvalue weighted by Crippen LogP contribution is 2.20. The van der Waals surface area contributed by atoms with Gasteiger partial charge >= 0.3 is 0 Å². The van der Waals surface area contributed by atoms with E-state index in [1.54, 1.807) is 55.6 Å². The monoisotopic (exact) mass is 385 g/mol. The van der Waals surface area contributed by atoms with Crippen LogP contribution < -0.4 is 21.4 Å². The maximum Gasteiger partial charge on any atom is 0.265 e. The summed E-state index contributed by atoms with van der Waals surface area (Å²) in [6, 6.07) is 13.5. The Kier molecular flexibility index (Phi) is 6.07. The number of nitrogens with two attached hydrogens (primary N) is 1. The van der Waals surface area contributed by atoms with Crippen molar-refractivity contribution in [3.63, 3.8) is 0 Å². The van der Waals surface area contributed by atoms with Gasteiger partial charge in [-0.2, -0.15) is 0 Å². The van der Waals surface area contributed by atoms with Crippen LogP contribution in [-0.2, 0) is 4.74 Å². The molecule has 0 unspecified atom stereocenters. The molecule has 8 nitrogen and oxygen atoms in total. The molecule has 0 radical (unpaired) electrons. The number of hydrogen-bond acceptors (Lipinski definition) is 7. The Balaban J connectivity index is 1.86. The lowest BCUT2D eigenvalue weighted by Gasteiger charge is -2.11. The minimum absolute atomic E-state index is 0.0964. The lowest BCUT2D eigenvalue weighted by Crippen LogP contribution is -2.25. The molecule has 3 aromatic rings. The number of benzene rings is 2. The van der Waals surface area contributed by atoms with Crippen molar-refractivity contribution in [1.29, 1.82) is 0 Å². The lowest BCUT2D eigenvalue weighted by atomic mass is 10.3. The molecule has 0 aliphatic heterocycles. The molecule has 3 rings (SSSR count). The number of nitrogens with zero attached hydrogens (tertiary/aromatic N) is 3. The number of aromatic nitrogens is 2. The maximum atomic E-state index is 14.2. The van der Waals surface area contributed by atoms with Gasteiger partial charge in [-0.25, -0.2) is 14.4 Å². The average Bonchev–Trinajstić information content (AvgIpc) is 2.69. The fraction of sp³-hybridized carbons (Fsp3) is 0.158. The van der Waals surface area contributed by atoms with Crippen molar-refractivity contribution in [2.75, 3.05) is 31.4 Å². The standard InChI is InChI=1S/C19H20FN5O3/c1-27-9-10-28-16-7-5-14(6-8-16)24-19-22-12-17(20)18(25(19)26)23-15-4-2-3-13(21)11-15/h2-8,11-12,23,26H,9-10,21H2,1H3. The van der Waals surface area contributed by atoms with Gasteiger partial charge in [-0.15, -0.1) is 4.73 Å². The first-order valence-corrected chi connectivity index (χ1v) is 8.43. The first-order valence-electron chi connectivity index (χ1n) is 8.43. The summed E-state index contributed by atoms with van der Waals surface area (Å²) in [5, 5.41) is 13.1. The van der Waals surface area contributed by atoms with Gasteiger partial charge in [0.25, 0.3) is 5.62 Å². The second-order valence-electron chi connectivity index (χ2n) is 5.76. The van der Waals surface area contributed by atoms with E-state index in [1.807, 2.05) is 0 Å². The van der Waals surface area contributed by atoms with E-state index in [0.29, 0.717) is 40.8 Å². The Labute approximate surface area is 160 Å². The topological polar surface area (TPSA) is 107 Å². The van der Waals surface area contributed by atoms with Crippen molar-refractivity contribution in [3.8, 4) is 5.75 Å². The summed E-state index contributed by atoms with van der Waals surface area (Å²) in [5.41, 5.74) is 7.15. The second kappa shape index (κ2) is 8.87. The molecule has 0 amide bonds. The van der Waals surface area contributed by atoms with Crippen molar-refractivity contribution in [2.45, 2.75) is 0 Å². The number of hydrogen-bond donors (Lipinski definition) is 3. The second-order valence-corrected chi connectivity index (χ2v) is 5.76. The van der Waals surface area contributed by atoms with Crippen LogP contribution in [-0.4, -0.2) is 35.2 Å². The third-order valence-electron chi connectivity index (χ3n) is 3.69. The van der Waals surface area contributed by atoms with Gasteiger partial charge in [0.15, 0.2) is 11.6 Å². The SMILES string of the molecule is COCCOc1ccc(N=c2ncc(F)c(Nc3cccc(N)c3)n2O)cc1. The third-order valence-corrected chi connectivity index (χ3v) is 3.69. The summed E-state index contributed by atoms with van der Waals surface area (Å²) >= 11 is 0. The summed E-state index contributed by atoms with van der Waals surface area (Å²) in [4.78, 5) is 8.06. The van der Waals surface area contributed by atoms with E-state index in [4.69, 9.17) is 15.2 Å². The zero-order chi connectivity index (χ0) is 19.9. The molecule has 28 heavy (non-hydrogen) atoms. The van der Waals surface area contributed by atoms with Crippen LogP contribution in [0.1, 0.15) is 0 Å². The predicted molar refractivity (Wildman–Crippen MR) is 103 cm³/mol. The molecule has 0 saturated carbocycles. The van der Waals surface area contributed by atoms with Crippen LogP contribution in [0.5, 0.6) is 5.75 Å². The normalized spacial score (nSPS) is 11.4. The predicted octanol–water partition coefficient (Wildman–Crippen LogP) is 2.84. The molecule has 1 heterocycles. The van der Waals surface area contributed by atoms with E-state index in [9.17, 15) is 9.60 Å². The lowest BCUT2D eigenvalue weighted by molar-refractivity contribution is 0.146. The van der Waals surface area contributed by atoms with Crippen molar-refractivity contribution < 1.29 is 19.1 Å². The number of nitrogens with one attached hydrogen (secondary N) is 1. The number of rotatable bonds is 7. The first-order chi connectivity index (χ1) is 13.6. The third kappa shape index (κ3) is 4.77. The molecule has 0 fully saturated rings. The fourth-order valence-electron chi connectivity index (χ4n) is 2.35. The Morgan fingerprint density at radius 2 is 2.00 bits per heavy atom. The van der Waals surface area contributed by atoms with Gasteiger partial charge in [-0.3, -0.25) is 0 Å². The smallest absolute Gasteiger partial charge is 0.265 e. The minimum atomic E-state index is -0.745. The molecular weight excluding hydrogens is 365 g/mol. The number of nitrogen functional groups attached to an aromatic ring is 1.